The second kappa shape index (κ2) is 9.75. The lowest BCUT2D eigenvalue weighted by atomic mass is 10.1. The molecule has 0 fully saturated rings. The molecule has 0 aliphatic heterocycles. The molecule has 0 atom stereocenters. The monoisotopic (exact) mass is 570 g/mol. The molecule has 0 spiro atoms. The van der Waals surface area contributed by atoms with Crippen LogP contribution in [0.15, 0.2) is 150 Å². The lowest BCUT2D eigenvalue weighted by Gasteiger charge is -2.08. The van der Waals surface area contributed by atoms with Crippen molar-refractivity contribution in [1.82, 2.24) is 19.5 Å². The highest BCUT2D eigenvalue weighted by molar-refractivity contribution is 6.13. The van der Waals surface area contributed by atoms with E-state index in [1.165, 1.54) is 12.1 Å². The molecule has 3 aromatic heterocycles. The van der Waals surface area contributed by atoms with Gasteiger partial charge in [-0.2, -0.15) is 0 Å². The maximum Gasteiger partial charge on any atom is 0.164 e. The molecule has 9 aromatic rings. The van der Waals surface area contributed by atoms with Gasteiger partial charge in [-0.05, 0) is 36.4 Å². The highest BCUT2D eigenvalue weighted by Gasteiger charge is 2.19. The minimum Gasteiger partial charge on any atom is -0.454 e. The van der Waals surface area contributed by atoms with Gasteiger partial charge >= 0.3 is 0 Å². The van der Waals surface area contributed by atoms with E-state index in [2.05, 4.69) is 0 Å². The van der Waals surface area contributed by atoms with Gasteiger partial charge in [-0.25, -0.2) is 15.0 Å². The fourth-order valence-corrected chi connectivity index (χ4v) is 5.79. The number of hydrogen-bond donors (Lipinski definition) is 0. The molecular formula is C39H24N4O. The number of para-hydroxylation sites is 3. The normalized spacial score (nSPS) is 13.5. The molecule has 3 heterocycles. The van der Waals surface area contributed by atoms with Crippen LogP contribution in [0.1, 0.15) is 8.22 Å². The topological polar surface area (TPSA) is 56.7 Å². The van der Waals surface area contributed by atoms with E-state index in [1.807, 2.05) is 97.1 Å². The van der Waals surface area contributed by atoms with E-state index < -0.39 is 0 Å². The second-order valence-electron chi connectivity index (χ2n) is 10.4. The van der Waals surface area contributed by atoms with Crippen LogP contribution in [0.2, 0.25) is 0 Å². The summed E-state index contributed by atoms with van der Waals surface area (Å²) in [4.78, 5) is 14.6. The minimum atomic E-state index is -0.165. The zero-order valence-corrected chi connectivity index (χ0v) is 23.1. The van der Waals surface area contributed by atoms with Gasteiger partial charge < -0.3 is 8.98 Å². The Hall–Kier alpha value is -6.07. The Morgan fingerprint density at radius 1 is 0.500 bits per heavy atom. The van der Waals surface area contributed by atoms with E-state index in [4.69, 9.17) is 27.6 Å². The average Bonchev–Trinajstić information content (AvgIpc) is 3.71. The first-order valence-electron chi connectivity index (χ1n) is 17.1. The van der Waals surface area contributed by atoms with Crippen molar-refractivity contribution >= 4 is 43.7 Å². The van der Waals surface area contributed by atoms with Gasteiger partial charge in [0.05, 0.1) is 24.9 Å². The van der Waals surface area contributed by atoms with E-state index in [-0.39, 0.29) is 58.1 Å². The van der Waals surface area contributed by atoms with Crippen LogP contribution in [0.4, 0.5) is 0 Å². The molecule has 44 heavy (non-hydrogen) atoms. The first-order chi connectivity index (χ1) is 24.3. The molecule has 0 bridgehead atoms. The highest BCUT2D eigenvalue weighted by Crippen LogP contribution is 2.39. The molecule has 5 nitrogen and oxygen atoms in total. The van der Waals surface area contributed by atoms with E-state index in [0.717, 1.165) is 27.5 Å². The summed E-state index contributed by atoms with van der Waals surface area (Å²) in [6.07, 6.45) is 0. The molecule has 0 saturated carbocycles. The van der Waals surface area contributed by atoms with E-state index in [1.54, 1.807) is 4.57 Å². The third-order valence-electron chi connectivity index (χ3n) is 7.80. The molecule has 0 saturated heterocycles. The van der Waals surface area contributed by atoms with Gasteiger partial charge in [-0.15, -0.1) is 0 Å². The van der Waals surface area contributed by atoms with Crippen molar-refractivity contribution in [2.45, 2.75) is 0 Å². The number of benzene rings is 6. The van der Waals surface area contributed by atoms with Crippen LogP contribution in [0.3, 0.4) is 0 Å². The summed E-state index contributed by atoms with van der Waals surface area (Å²) in [5.41, 5.74) is 4.61. The number of nitrogens with zero attached hydrogens (tertiary/aromatic N) is 4. The second-order valence-corrected chi connectivity index (χ2v) is 10.4. The summed E-state index contributed by atoms with van der Waals surface area (Å²) in [6.45, 7) is 0. The lowest BCUT2D eigenvalue weighted by molar-refractivity contribution is 0.666. The maximum atomic E-state index is 8.87. The first-order valence-corrected chi connectivity index (χ1v) is 14.1. The van der Waals surface area contributed by atoms with Crippen LogP contribution >= 0.6 is 0 Å². The van der Waals surface area contributed by atoms with Gasteiger partial charge in [-0.3, -0.25) is 0 Å². The summed E-state index contributed by atoms with van der Waals surface area (Å²) in [5, 5.41) is 1.95. The minimum absolute atomic E-state index is 0.0313. The van der Waals surface area contributed by atoms with Gasteiger partial charge in [0.1, 0.15) is 5.58 Å². The molecule has 0 N–H and O–H groups in total. The summed E-state index contributed by atoms with van der Waals surface area (Å²) in [6, 6.07) is 32.7. The van der Waals surface area contributed by atoms with E-state index in [0.29, 0.717) is 34.3 Å². The fraction of sp³-hybridized carbons (Fsp3) is 0. The van der Waals surface area contributed by atoms with E-state index in [9.17, 15) is 0 Å². The Bertz CT molecular complexity index is 2700. The van der Waals surface area contributed by atoms with Gasteiger partial charge in [0, 0.05) is 38.2 Å². The largest absolute Gasteiger partial charge is 0.454 e. The van der Waals surface area contributed by atoms with Crippen molar-refractivity contribution in [1.29, 1.82) is 0 Å². The van der Waals surface area contributed by atoms with Crippen molar-refractivity contribution in [3.8, 4) is 39.9 Å². The fourth-order valence-electron chi connectivity index (χ4n) is 5.79. The standard InChI is InChI=1S/C39H24N4O/c1-3-12-25(13-4-1)37-40-38(26-14-5-2-6-15-26)42-39(41-37)27-22-23-35-31(24-27)30-18-11-21-34(36(30)44-35)43-32-19-9-7-16-28(32)29-17-8-10-20-33(29)43/h1-24H/i7D,8D,16D,17D,19D,20D. The number of hydrogen-bond acceptors (Lipinski definition) is 4. The van der Waals surface area contributed by atoms with Crippen LogP contribution in [-0.2, 0) is 0 Å². The highest BCUT2D eigenvalue weighted by atomic mass is 16.3. The van der Waals surface area contributed by atoms with Crippen LogP contribution in [0, 0.1) is 0 Å². The lowest BCUT2D eigenvalue weighted by Crippen LogP contribution is -2.00. The predicted octanol–water partition coefficient (Wildman–Crippen LogP) is 9.87. The van der Waals surface area contributed by atoms with Crippen LogP contribution in [0.25, 0.3) is 83.6 Å². The van der Waals surface area contributed by atoms with Gasteiger partial charge in [0.25, 0.3) is 0 Å². The van der Waals surface area contributed by atoms with Crippen molar-refractivity contribution in [2.75, 3.05) is 0 Å². The number of fused-ring (bicyclic) bond motifs is 6. The molecule has 0 aliphatic rings. The molecule has 0 radical (unpaired) electrons. The van der Waals surface area contributed by atoms with Gasteiger partial charge in [-0.1, -0.05) is 109 Å². The Morgan fingerprint density at radius 2 is 1.09 bits per heavy atom. The number of furan rings is 1. The third kappa shape index (κ3) is 3.83. The third-order valence-corrected chi connectivity index (χ3v) is 7.80. The van der Waals surface area contributed by atoms with Crippen LogP contribution in [-0.4, -0.2) is 19.5 Å². The predicted molar refractivity (Wildman–Crippen MR) is 178 cm³/mol. The Balaban J connectivity index is 1.30. The summed E-state index contributed by atoms with van der Waals surface area (Å²) >= 11 is 0. The molecule has 206 valence electrons. The smallest absolute Gasteiger partial charge is 0.164 e. The molecule has 0 aliphatic carbocycles. The Labute approximate surface area is 261 Å². The molecule has 0 unspecified atom stereocenters. The zero-order chi connectivity index (χ0) is 34.3. The Kier molecular flexibility index (Phi) is 4.25. The molecule has 0 amide bonds. The summed E-state index contributed by atoms with van der Waals surface area (Å²) in [5.74, 6) is 1.59. The Morgan fingerprint density at radius 3 is 1.70 bits per heavy atom. The summed E-state index contributed by atoms with van der Waals surface area (Å²) in [7, 11) is 0. The number of aromatic nitrogens is 4. The van der Waals surface area contributed by atoms with Crippen molar-refractivity contribution in [3.05, 3.63) is 145 Å². The van der Waals surface area contributed by atoms with Crippen LogP contribution < -0.4 is 0 Å². The van der Waals surface area contributed by atoms with Crippen molar-refractivity contribution < 1.29 is 12.6 Å². The van der Waals surface area contributed by atoms with E-state index >= 15 is 0 Å². The van der Waals surface area contributed by atoms with Crippen LogP contribution in [0.5, 0.6) is 0 Å². The SMILES string of the molecule is [2H]c1cc([2H])c2c(c1[2H])c1c([2H])c([2H])cc([2H])c1n2-c1cccc2c1oc1ccc(-c3nc(-c4ccccc4)nc(-c4ccccc4)n3)cc12. The molecule has 9 rings (SSSR count). The zero-order valence-electron chi connectivity index (χ0n) is 29.1. The van der Waals surface area contributed by atoms with Gasteiger partial charge in [0.2, 0.25) is 0 Å². The first kappa shape index (κ1) is 19.2. The van der Waals surface area contributed by atoms with Crippen molar-refractivity contribution in [2.24, 2.45) is 0 Å². The maximum absolute atomic E-state index is 8.87. The molecular weight excluding hydrogens is 540 g/mol. The molecule has 5 heteroatoms. The quantitative estimate of drug-likeness (QED) is 0.211. The number of rotatable bonds is 4. The average molecular weight is 571 g/mol. The molecule has 6 aromatic carbocycles. The summed E-state index contributed by atoms with van der Waals surface area (Å²) < 4.78 is 60.1. The van der Waals surface area contributed by atoms with Gasteiger partial charge in [0.15, 0.2) is 23.1 Å². The van der Waals surface area contributed by atoms with Crippen molar-refractivity contribution in [3.63, 3.8) is 0 Å².